The first kappa shape index (κ1) is 13.0. The van der Waals surface area contributed by atoms with Crippen molar-refractivity contribution in [3.05, 3.63) is 30.5 Å². The Hall–Kier alpha value is -1.49. The molecule has 18 heavy (non-hydrogen) atoms. The number of methoxy groups -OCH3 is 1. The van der Waals surface area contributed by atoms with Gasteiger partial charge in [-0.2, -0.15) is 0 Å². The molecule has 0 amide bonds. The van der Waals surface area contributed by atoms with Gasteiger partial charge in [-0.1, -0.05) is 6.07 Å². The van der Waals surface area contributed by atoms with Crippen molar-refractivity contribution < 1.29 is 13.2 Å². The third-order valence-electron chi connectivity index (χ3n) is 2.91. The Bertz CT molecular complexity index is 643. The molecule has 0 fully saturated rings. The van der Waals surface area contributed by atoms with Crippen molar-refractivity contribution in [2.45, 2.75) is 13.0 Å². The summed E-state index contributed by atoms with van der Waals surface area (Å²) in [6.45, 7) is 0.698. The molecule has 98 valence electrons. The maximum Gasteiger partial charge on any atom is 0.147 e. The summed E-state index contributed by atoms with van der Waals surface area (Å²) < 4.78 is 29.5. The minimum atomic E-state index is -2.88. The van der Waals surface area contributed by atoms with Crippen LogP contribution in [0.5, 0.6) is 5.75 Å². The predicted octanol–water partition coefficient (Wildman–Crippen LogP) is 2.08. The Labute approximate surface area is 107 Å². The van der Waals surface area contributed by atoms with Crippen LogP contribution in [-0.2, 0) is 16.4 Å². The number of sulfone groups is 1. The van der Waals surface area contributed by atoms with Gasteiger partial charge in [-0.15, -0.1) is 0 Å². The van der Waals surface area contributed by atoms with Gasteiger partial charge in [0.15, 0.2) is 0 Å². The molecule has 1 heterocycles. The molecule has 0 aliphatic rings. The maximum atomic E-state index is 11.1. The molecule has 2 aromatic rings. The second-order valence-electron chi connectivity index (χ2n) is 4.39. The van der Waals surface area contributed by atoms with Crippen LogP contribution in [0.25, 0.3) is 10.9 Å². The Morgan fingerprint density at radius 2 is 2.06 bits per heavy atom. The minimum absolute atomic E-state index is 0.219. The molecule has 0 aliphatic carbocycles. The molecule has 1 aromatic heterocycles. The quantitative estimate of drug-likeness (QED) is 0.833. The summed E-state index contributed by atoms with van der Waals surface area (Å²) in [4.78, 5) is 0. The summed E-state index contributed by atoms with van der Waals surface area (Å²) in [5.41, 5.74) is 1.07. The van der Waals surface area contributed by atoms with E-state index in [1.165, 1.54) is 6.26 Å². The van der Waals surface area contributed by atoms with E-state index >= 15 is 0 Å². The molecule has 0 aliphatic heterocycles. The highest BCUT2D eigenvalue weighted by molar-refractivity contribution is 7.90. The van der Waals surface area contributed by atoms with Gasteiger partial charge in [-0.25, -0.2) is 8.42 Å². The van der Waals surface area contributed by atoms with E-state index in [-0.39, 0.29) is 5.75 Å². The van der Waals surface area contributed by atoms with E-state index in [4.69, 9.17) is 4.74 Å². The standard InChI is InChI=1S/C13H17NO3S/c1-17-13-6-3-5-12-11(13)7-9-14(12)8-4-10-18(2,15)16/h3,5-7,9H,4,8,10H2,1-2H3. The first-order valence-corrected chi connectivity index (χ1v) is 7.87. The zero-order valence-electron chi connectivity index (χ0n) is 10.6. The monoisotopic (exact) mass is 267 g/mol. The summed E-state index contributed by atoms with van der Waals surface area (Å²) in [5.74, 6) is 1.06. The largest absolute Gasteiger partial charge is 0.496 e. The van der Waals surface area contributed by atoms with Crippen LogP contribution in [-0.4, -0.2) is 32.1 Å². The summed E-state index contributed by atoms with van der Waals surface area (Å²) in [6.07, 6.45) is 3.86. The van der Waals surface area contributed by atoms with Crippen LogP contribution in [0, 0.1) is 0 Å². The summed E-state index contributed by atoms with van der Waals surface area (Å²) in [7, 11) is -1.23. The summed E-state index contributed by atoms with van der Waals surface area (Å²) >= 11 is 0. The van der Waals surface area contributed by atoms with Crippen LogP contribution in [0.3, 0.4) is 0 Å². The fourth-order valence-electron chi connectivity index (χ4n) is 2.07. The second-order valence-corrected chi connectivity index (χ2v) is 6.65. The van der Waals surface area contributed by atoms with Crippen molar-refractivity contribution in [1.29, 1.82) is 0 Å². The number of benzene rings is 1. The molecule has 0 bridgehead atoms. The van der Waals surface area contributed by atoms with Crippen molar-refractivity contribution in [1.82, 2.24) is 4.57 Å². The third-order valence-corrected chi connectivity index (χ3v) is 3.94. The average molecular weight is 267 g/mol. The normalized spacial score (nSPS) is 11.9. The molecule has 0 saturated heterocycles. The number of fused-ring (bicyclic) bond motifs is 1. The lowest BCUT2D eigenvalue weighted by molar-refractivity contribution is 0.420. The second kappa shape index (κ2) is 5.02. The molecule has 4 nitrogen and oxygen atoms in total. The molecule has 0 unspecified atom stereocenters. The highest BCUT2D eigenvalue weighted by Crippen LogP contribution is 2.26. The zero-order chi connectivity index (χ0) is 13.2. The average Bonchev–Trinajstić information content (AvgIpc) is 2.71. The van der Waals surface area contributed by atoms with Crippen molar-refractivity contribution in [2.24, 2.45) is 0 Å². The van der Waals surface area contributed by atoms with Gasteiger partial charge >= 0.3 is 0 Å². The number of ether oxygens (including phenoxy) is 1. The maximum absolute atomic E-state index is 11.1. The lowest BCUT2D eigenvalue weighted by atomic mass is 10.2. The molecular formula is C13H17NO3S. The van der Waals surface area contributed by atoms with Gasteiger partial charge in [0.25, 0.3) is 0 Å². The topological polar surface area (TPSA) is 48.3 Å². The number of rotatable bonds is 5. The number of hydrogen-bond donors (Lipinski definition) is 0. The summed E-state index contributed by atoms with van der Waals surface area (Å²) in [5, 5.41) is 1.05. The Kier molecular flexibility index (Phi) is 3.61. The van der Waals surface area contributed by atoms with E-state index < -0.39 is 9.84 Å². The molecule has 0 saturated carbocycles. The SMILES string of the molecule is COc1cccc2c1ccn2CCCS(C)(=O)=O. The van der Waals surface area contributed by atoms with E-state index in [0.29, 0.717) is 13.0 Å². The van der Waals surface area contributed by atoms with Crippen LogP contribution < -0.4 is 4.74 Å². The van der Waals surface area contributed by atoms with Crippen molar-refractivity contribution in [2.75, 3.05) is 19.1 Å². The molecular weight excluding hydrogens is 250 g/mol. The van der Waals surface area contributed by atoms with Gasteiger partial charge in [-0.05, 0) is 24.6 Å². The van der Waals surface area contributed by atoms with E-state index in [9.17, 15) is 8.42 Å². The minimum Gasteiger partial charge on any atom is -0.496 e. The molecule has 2 rings (SSSR count). The van der Waals surface area contributed by atoms with Crippen LogP contribution in [0.2, 0.25) is 0 Å². The van der Waals surface area contributed by atoms with Crippen molar-refractivity contribution in [3.8, 4) is 5.75 Å². The number of aromatic nitrogens is 1. The first-order chi connectivity index (χ1) is 8.51. The molecule has 0 radical (unpaired) electrons. The van der Waals surface area contributed by atoms with E-state index in [2.05, 4.69) is 4.57 Å². The van der Waals surface area contributed by atoms with Gasteiger partial charge in [0, 0.05) is 24.4 Å². The first-order valence-electron chi connectivity index (χ1n) is 5.81. The van der Waals surface area contributed by atoms with Gasteiger partial charge in [-0.3, -0.25) is 0 Å². The predicted molar refractivity (Wildman–Crippen MR) is 72.8 cm³/mol. The van der Waals surface area contributed by atoms with Gasteiger partial charge in [0.1, 0.15) is 15.6 Å². The Morgan fingerprint density at radius 1 is 1.28 bits per heavy atom. The molecule has 0 N–H and O–H groups in total. The number of nitrogens with zero attached hydrogens (tertiary/aromatic N) is 1. The van der Waals surface area contributed by atoms with Gasteiger partial charge < -0.3 is 9.30 Å². The van der Waals surface area contributed by atoms with Crippen LogP contribution >= 0.6 is 0 Å². The Morgan fingerprint density at radius 3 is 2.72 bits per heavy atom. The van der Waals surface area contributed by atoms with Crippen LogP contribution in [0.1, 0.15) is 6.42 Å². The fraction of sp³-hybridized carbons (Fsp3) is 0.385. The molecule has 0 atom stereocenters. The number of hydrogen-bond acceptors (Lipinski definition) is 3. The Balaban J connectivity index is 2.20. The smallest absolute Gasteiger partial charge is 0.147 e. The zero-order valence-corrected chi connectivity index (χ0v) is 11.4. The van der Waals surface area contributed by atoms with Gasteiger partial charge in [0.2, 0.25) is 0 Å². The highest BCUT2D eigenvalue weighted by Gasteiger charge is 2.07. The summed E-state index contributed by atoms with van der Waals surface area (Å²) in [6, 6.07) is 7.87. The van der Waals surface area contributed by atoms with E-state index in [0.717, 1.165) is 16.7 Å². The fourth-order valence-corrected chi connectivity index (χ4v) is 2.72. The van der Waals surface area contributed by atoms with Crippen molar-refractivity contribution in [3.63, 3.8) is 0 Å². The van der Waals surface area contributed by atoms with Crippen molar-refractivity contribution >= 4 is 20.7 Å². The van der Waals surface area contributed by atoms with Crippen LogP contribution in [0.4, 0.5) is 0 Å². The molecule has 5 heteroatoms. The van der Waals surface area contributed by atoms with Gasteiger partial charge in [0.05, 0.1) is 18.4 Å². The lowest BCUT2D eigenvalue weighted by Crippen LogP contribution is -2.06. The third kappa shape index (κ3) is 2.85. The van der Waals surface area contributed by atoms with E-state index in [1.807, 2.05) is 30.5 Å². The lowest BCUT2D eigenvalue weighted by Gasteiger charge is -2.06. The number of aryl methyl sites for hydroxylation is 1. The van der Waals surface area contributed by atoms with Crippen LogP contribution in [0.15, 0.2) is 30.5 Å². The molecule has 0 spiro atoms. The highest BCUT2D eigenvalue weighted by atomic mass is 32.2. The molecule has 1 aromatic carbocycles. The van der Waals surface area contributed by atoms with E-state index in [1.54, 1.807) is 7.11 Å².